The fourth-order valence-electron chi connectivity index (χ4n) is 2.05. The van der Waals surface area contributed by atoms with E-state index in [4.69, 9.17) is 21.1 Å². The van der Waals surface area contributed by atoms with Crippen molar-refractivity contribution in [2.45, 2.75) is 20.1 Å². The van der Waals surface area contributed by atoms with Crippen LogP contribution < -0.4 is 4.74 Å². The van der Waals surface area contributed by atoms with E-state index in [1.807, 2.05) is 0 Å². The zero-order valence-electron chi connectivity index (χ0n) is 15.0. The molecule has 0 N–H and O–H groups in total. The monoisotopic (exact) mass is 414 g/mol. The summed E-state index contributed by atoms with van der Waals surface area (Å²) in [5.74, 6) is -0.0351. The van der Waals surface area contributed by atoms with Crippen LogP contribution in [0.2, 0.25) is 5.02 Å². The van der Waals surface area contributed by atoms with Crippen molar-refractivity contribution < 1.29 is 27.5 Å². The molecule has 2 rings (SSSR count). The Kier molecular flexibility index (Phi) is 6.27. The van der Waals surface area contributed by atoms with Gasteiger partial charge in [0, 0.05) is 17.4 Å². The summed E-state index contributed by atoms with van der Waals surface area (Å²) in [5, 5.41) is -0.873. The molecule has 0 aliphatic heterocycles. The van der Waals surface area contributed by atoms with Gasteiger partial charge in [-0.15, -0.1) is 0 Å². The summed E-state index contributed by atoms with van der Waals surface area (Å²) >= 11 is 5.86. The topological polar surface area (TPSA) is 105 Å². The van der Waals surface area contributed by atoms with Gasteiger partial charge in [-0.25, -0.2) is 18.2 Å². The molecule has 1 heterocycles. The van der Waals surface area contributed by atoms with Crippen LogP contribution >= 0.6 is 11.6 Å². The smallest absolute Gasteiger partial charge is 0.424 e. The summed E-state index contributed by atoms with van der Waals surface area (Å²) in [7, 11) is -4.00. The van der Waals surface area contributed by atoms with Crippen molar-refractivity contribution in [3.05, 3.63) is 48.0 Å². The molecular formula is C17H19ClN2O6S. The molecule has 8 nitrogen and oxygen atoms in total. The highest BCUT2D eigenvalue weighted by Gasteiger charge is 2.38. The van der Waals surface area contributed by atoms with Crippen LogP contribution in [0.25, 0.3) is 0 Å². The fraction of sp³-hybridized carbons (Fsp3) is 0.353. The van der Waals surface area contributed by atoms with Gasteiger partial charge < -0.3 is 9.47 Å². The molecule has 0 saturated carbocycles. The van der Waals surface area contributed by atoms with Crippen molar-refractivity contribution in [3.8, 4) is 5.75 Å². The molecule has 0 aliphatic carbocycles. The molecule has 146 valence electrons. The molecule has 1 unspecified atom stereocenters. The van der Waals surface area contributed by atoms with E-state index in [-0.39, 0.29) is 0 Å². The zero-order chi connectivity index (χ0) is 20.2. The average Bonchev–Trinajstić information content (AvgIpc) is 3.12. The minimum Gasteiger partial charge on any atom is -0.463 e. The molecule has 0 aliphatic rings. The maximum Gasteiger partial charge on any atom is 0.424 e. The van der Waals surface area contributed by atoms with Gasteiger partial charge in [-0.3, -0.25) is 9.36 Å². The molecule has 1 aromatic carbocycles. The number of carbonyl (C=O) groups excluding carboxylic acids is 2. The van der Waals surface area contributed by atoms with Gasteiger partial charge >= 0.3 is 5.30 Å². The lowest BCUT2D eigenvalue weighted by molar-refractivity contribution is -0.140. The summed E-state index contributed by atoms with van der Waals surface area (Å²) in [6, 6.07) is 6.45. The number of imidazole rings is 1. The van der Waals surface area contributed by atoms with E-state index in [1.54, 1.807) is 30.5 Å². The number of ketones is 1. The van der Waals surface area contributed by atoms with Crippen molar-refractivity contribution in [1.82, 2.24) is 9.55 Å². The first-order valence-corrected chi connectivity index (χ1v) is 10.1. The van der Waals surface area contributed by atoms with Crippen molar-refractivity contribution in [1.29, 1.82) is 0 Å². The van der Waals surface area contributed by atoms with Crippen LogP contribution in [0.4, 0.5) is 4.79 Å². The largest absolute Gasteiger partial charge is 0.463 e. The third kappa shape index (κ3) is 5.54. The van der Waals surface area contributed by atoms with Crippen LogP contribution in [0.15, 0.2) is 43.0 Å². The van der Waals surface area contributed by atoms with Crippen LogP contribution in [-0.4, -0.2) is 41.9 Å². The number of hydrogen-bond donors (Lipinski definition) is 0. The van der Waals surface area contributed by atoms with Gasteiger partial charge in [0.2, 0.25) is 21.8 Å². The minimum absolute atomic E-state index is 0.399. The number of rotatable bonds is 7. The summed E-state index contributed by atoms with van der Waals surface area (Å²) < 4.78 is 34.4. The molecule has 2 aromatic rings. The molecular weight excluding hydrogens is 396 g/mol. The normalized spacial score (nSPS) is 13.0. The Bertz CT molecular complexity index is 907. The van der Waals surface area contributed by atoms with E-state index in [9.17, 15) is 18.0 Å². The van der Waals surface area contributed by atoms with E-state index in [2.05, 4.69) is 4.98 Å². The summed E-state index contributed by atoms with van der Waals surface area (Å²) in [6.45, 7) is 2.63. The first-order valence-electron chi connectivity index (χ1n) is 7.81. The second-order valence-electron chi connectivity index (χ2n) is 6.49. The van der Waals surface area contributed by atoms with Gasteiger partial charge in [0.15, 0.2) is 0 Å². The second-order valence-corrected chi connectivity index (χ2v) is 8.81. The van der Waals surface area contributed by atoms with E-state index in [1.165, 1.54) is 30.9 Å². The fourth-order valence-corrected chi connectivity index (χ4v) is 2.45. The number of aromatic nitrogens is 2. The minimum atomic E-state index is -4.00. The van der Waals surface area contributed by atoms with Crippen molar-refractivity contribution >= 4 is 32.5 Å². The number of hydrogen-bond acceptors (Lipinski definition) is 7. The first-order chi connectivity index (χ1) is 12.5. The highest BCUT2D eigenvalue weighted by Crippen LogP contribution is 2.28. The Hall–Kier alpha value is -2.39. The van der Waals surface area contributed by atoms with E-state index in [0.29, 0.717) is 10.8 Å². The number of nitrogens with zero attached hydrogens (tertiary/aromatic N) is 2. The number of ether oxygens (including phenoxy) is 2. The summed E-state index contributed by atoms with van der Waals surface area (Å²) in [4.78, 5) is 28.4. The Morgan fingerprint density at radius 3 is 2.41 bits per heavy atom. The van der Waals surface area contributed by atoms with Gasteiger partial charge in [0.1, 0.15) is 12.4 Å². The third-order valence-corrected chi connectivity index (χ3v) is 4.58. The van der Waals surface area contributed by atoms with Gasteiger partial charge in [0.05, 0.1) is 18.0 Å². The van der Waals surface area contributed by atoms with E-state index in [0.717, 1.165) is 6.26 Å². The zero-order valence-corrected chi connectivity index (χ0v) is 16.5. The third-order valence-electron chi connectivity index (χ3n) is 3.60. The van der Waals surface area contributed by atoms with Crippen molar-refractivity contribution in [2.75, 3.05) is 12.9 Å². The maximum atomic E-state index is 13.1. The molecule has 0 fully saturated rings. The number of carbonyl (C=O) groups is 2. The Balaban J connectivity index is 2.22. The Labute approximate surface area is 162 Å². The SMILES string of the molecule is CC(C)(COC(=O)S(C)(=O)=O)C(=O)C(Oc1ccc(Cl)cc1)n1ccnc1. The molecule has 1 aromatic heterocycles. The maximum absolute atomic E-state index is 13.1. The highest BCUT2D eigenvalue weighted by atomic mass is 35.5. The van der Waals surface area contributed by atoms with Crippen LogP contribution in [0, 0.1) is 5.41 Å². The standard InChI is InChI=1S/C17H19ClN2O6S/c1-17(2,10-25-16(22)27(3,23)24)14(21)15(20-9-8-19-11-20)26-13-6-4-12(18)5-7-13/h4-9,11,15H,10H2,1-3H3. The van der Waals surface area contributed by atoms with Crippen LogP contribution in [0.5, 0.6) is 5.75 Å². The summed E-state index contributed by atoms with van der Waals surface area (Å²) in [6.07, 6.45) is 4.10. The lowest BCUT2D eigenvalue weighted by Crippen LogP contribution is -2.39. The van der Waals surface area contributed by atoms with Gasteiger partial charge in [-0.05, 0) is 38.1 Å². The number of benzene rings is 1. The number of Topliss-reactive ketones (excluding diaryl/α,β-unsaturated/α-hetero) is 1. The molecule has 27 heavy (non-hydrogen) atoms. The predicted molar refractivity (Wildman–Crippen MR) is 98.3 cm³/mol. The number of sulfone groups is 1. The van der Waals surface area contributed by atoms with Crippen LogP contribution in [0.3, 0.4) is 0 Å². The average molecular weight is 415 g/mol. The van der Waals surface area contributed by atoms with Crippen LogP contribution in [-0.2, 0) is 19.4 Å². The van der Waals surface area contributed by atoms with Gasteiger partial charge in [-0.1, -0.05) is 11.6 Å². The van der Waals surface area contributed by atoms with Gasteiger partial charge in [-0.2, -0.15) is 0 Å². The van der Waals surface area contributed by atoms with E-state index >= 15 is 0 Å². The predicted octanol–water partition coefficient (Wildman–Crippen LogP) is 2.89. The van der Waals surface area contributed by atoms with Crippen LogP contribution in [0.1, 0.15) is 20.1 Å². The van der Waals surface area contributed by atoms with Gasteiger partial charge in [0.25, 0.3) is 0 Å². The van der Waals surface area contributed by atoms with E-state index < -0.39 is 39.2 Å². The van der Waals surface area contributed by atoms with Crippen molar-refractivity contribution in [2.24, 2.45) is 5.41 Å². The lowest BCUT2D eigenvalue weighted by atomic mass is 9.88. The Morgan fingerprint density at radius 1 is 1.26 bits per heavy atom. The summed E-state index contributed by atoms with van der Waals surface area (Å²) in [5.41, 5.74) is -1.22. The van der Waals surface area contributed by atoms with Crippen molar-refractivity contribution in [3.63, 3.8) is 0 Å². The molecule has 0 saturated heterocycles. The first kappa shape index (κ1) is 20.9. The molecule has 0 bridgehead atoms. The molecule has 0 radical (unpaired) electrons. The second kappa shape index (κ2) is 8.10. The molecule has 1 atom stereocenters. The molecule has 0 spiro atoms. The Morgan fingerprint density at radius 2 is 1.89 bits per heavy atom. The quantitative estimate of drug-likeness (QED) is 0.641. The number of halogens is 1. The molecule has 0 amide bonds. The highest BCUT2D eigenvalue weighted by molar-refractivity contribution is 8.05. The lowest BCUT2D eigenvalue weighted by Gasteiger charge is -2.28. The molecule has 10 heteroatoms.